The lowest BCUT2D eigenvalue weighted by Gasteiger charge is -2.32. The molecule has 0 aromatic rings. The van der Waals surface area contributed by atoms with E-state index < -0.39 is 0 Å². The van der Waals surface area contributed by atoms with Crippen molar-refractivity contribution in [1.29, 1.82) is 0 Å². The van der Waals surface area contributed by atoms with Gasteiger partial charge in [0.2, 0.25) is 0 Å². The molecular formula is C17H30O. The summed E-state index contributed by atoms with van der Waals surface area (Å²) in [5, 5.41) is 0. The standard InChI is InChI=1S/C17H30O/c1-2-14-6-5-7-15(12-14)10-11-16-8-3-4-9-17(16)13-18/h13-17H,2-12H2,1H3. The van der Waals surface area contributed by atoms with E-state index in [1.165, 1.54) is 70.5 Å². The number of aldehydes is 1. The Hall–Kier alpha value is -0.330. The fourth-order valence-electron chi connectivity index (χ4n) is 4.26. The van der Waals surface area contributed by atoms with E-state index in [1.807, 2.05) is 0 Å². The smallest absolute Gasteiger partial charge is 0.123 e. The Morgan fingerprint density at radius 1 is 0.944 bits per heavy atom. The van der Waals surface area contributed by atoms with Crippen LogP contribution in [0, 0.1) is 23.7 Å². The summed E-state index contributed by atoms with van der Waals surface area (Å²) in [6.07, 6.45) is 16.3. The first-order valence-corrected chi connectivity index (χ1v) is 8.28. The van der Waals surface area contributed by atoms with Crippen LogP contribution in [0.2, 0.25) is 0 Å². The van der Waals surface area contributed by atoms with E-state index in [0.717, 1.165) is 24.2 Å². The molecule has 4 atom stereocenters. The van der Waals surface area contributed by atoms with Gasteiger partial charge in [-0.1, -0.05) is 51.9 Å². The average Bonchev–Trinajstić information content (AvgIpc) is 2.45. The lowest BCUT2D eigenvalue weighted by atomic mass is 9.73. The van der Waals surface area contributed by atoms with Gasteiger partial charge in [-0.25, -0.2) is 0 Å². The molecule has 1 heteroatoms. The Labute approximate surface area is 113 Å². The highest BCUT2D eigenvalue weighted by Gasteiger charge is 2.26. The monoisotopic (exact) mass is 250 g/mol. The molecule has 0 amide bonds. The van der Waals surface area contributed by atoms with Crippen molar-refractivity contribution in [2.75, 3.05) is 0 Å². The summed E-state index contributed by atoms with van der Waals surface area (Å²) in [4.78, 5) is 11.1. The van der Waals surface area contributed by atoms with Gasteiger partial charge in [0.25, 0.3) is 0 Å². The maximum atomic E-state index is 11.1. The van der Waals surface area contributed by atoms with Crippen LogP contribution in [0.4, 0.5) is 0 Å². The van der Waals surface area contributed by atoms with E-state index in [9.17, 15) is 4.79 Å². The minimum atomic E-state index is 0.393. The Morgan fingerprint density at radius 3 is 2.50 bits per heavy atom. The second kappa shape index (κ2) is 7.31. The van der Waals surface area contributed by atoms with E-state index in [-0.39, 0.29) is 0 Å². The lowest BCUT2D eigenvalue weighted by Crippen LogP contribution is -2.22. The van der Waals surface area contributed by atoms with Crippen molar-refractivity contribution in [2.24, 2.45) is 23.7 Å². The number of rotatable bonds is 5. The van der Waals surface area contributed by atoms with E-state index in [0.29, 0.717) is 5.92 Å². The molecule has 0 bridgehead atoms. The van der Waals surface area contributed by atoms with Crippen LogP contribution in [0.5, 0.6) is 0 Å². The molecule has 2 rings (SSSR count). The van der Waals surface area contributed by atoms with Gasteiger partial charge in [0.05, 0.1) is 0 Å². The molecule has 2 fully saturated rings. The van der Waals surface area contributed by atoms with Crippen LogP contribution in [0.1, 0.15) is 77.6 Å². The van der Waals surface area contributed by atoms with Crippen molar-refractivity contribution in [3.05, 3.63) is 0 Å². The fourth-order valence-corrected chi connectivity index (χ4v) is 4.26. The minimum absolute atomic E-state index is 0.393. The highest BCUT2D eigenvalue weighted by Crippen LogP contribution is 2.37. The van der Waals surface area contributed by atoms with E-state index in [2.05, 4.69) is 6.92 Å². The van der Waals surface area contributed by atoms with E-state index in [1.54, 1.807) is 0 Å². The normalized spacial score (nSPS) is 37.4. The van der Waals surface area contributed by atoms with Crippen molar-refractivity contribution < 1.29 is 4.79 Å². The highest BCUT2D eigenvalue weighted by molar-refractivity contribution is 5.54. The van der Waals surface area contributed by atoms with Crippen LogP contribution >= 0.6 is 0 Å². The molecule has 0 aliphatic heterocycles. The van der Waals surface area contributed by atoms with Gasteiger partial charge in [-0.05, 0) is 43.4 Å². The molecule has 0 aromatic heterocycles. The predicted octanol–water partition coefficient (Wildman–Crippen LogP) is 4.99. The van der Waals surface area contributed by atoms with E-state index in [4.69, 9.17) is 0 Å². The third kappa shape index (κ3) is 3.83. The number of carbonyl (C=O) groups excluding carboxylic acids is 1. The quantitative estimate of drug-likeness (QED) is 0.628. The SMILES string of the molecule is CCC1CCCC(CCC2CCCCC2C=O)C1. The van der Waals surface area contributed by atoms with Gasteiger partial charge in [0, 0.05) is 5.92 Å². The molecule has 104 valence electrons. The molecule has 0 aromatic carbocycles. The van der Waals surface area contributed by atoms with Crippen molar-refractivity contribution in [3.8, 4) is 0 Å². The maximum Gasteiger partial charge on any atom is 0.123 e. The van der Waals surface area contributed by atoms with Gasteiger partial charge in [-0.2, -0.15) is 0 Å². The molecule has 2 aliphatic rings. The summed E-state index contributed by atoms with van der Waals surface area (Å²) >= 11 is 0. The summed E-state index contributed by atoms with van der Waals surface area (Å²) in [5.41, 5.74) is 0. The fraction of sp³-hybridized carbons (Fsp3) is 0.941. The largest absolute Gasteiger partial charge is 0.303 e. The van der Waals surface area contributed by atoms with Crippen molar-refractivity contribution in [3.63, 3.8) is 0 Å². The zero-order chi connectivity index (χ0) is 12.8. The molecule has 4 unspecified atom stereocenters. The molecule has 0 saturated heterocycles. The van der Waals surface area contributed by atoms with Crippen molar-refractivity contribution in [1.82, 2.24) is 0 Å². The maximum absolute atomic E-state index is 11.1. The zero-order valence-electron chi connectivity index (χ0n) is 12.1. The van der Waals surface area contributed by atoms with Gasteiger partial charge in [0.1, 0.15) is 6.29 Å². The third-order valence-electron chi connectivity index (χ3n) is 5.56. The first kappa shape index (κ1) is 14.1. The molecular weight excluding hydrogens is 220 g/mol. The van der Waals surface area contributed by atoms with Crippen LogP contribution in [0.15, 0.2) is 0 Å². The summed E-state index contributed by atoms with van der Waals surface area (Å²) in [6, 6.07) is 0. The second-order valence-corrected chi connectivity index (χ2v) is 6.73. The zero-order valence-corrected chi connectivity index (χ0v) is 12.1. The number of carbonyl (C=O) groups is 1. The van der Waals surface area contributed by atoms with Gasteiger partial charge >= 0.3 is 0 Å². The molecule has 1 nitrogen and oxygen atoms in total. The minimum Gasteiger partial charge on any atom is -0.303 e. The Morgan fingerprint density at radius 2 is 1.72 bits per heavy atom. The average molecular weight is 250 g/mol. The van der Waals surface area contributed by atoms with Gasteiger partial charge < -0.3 is 4.79 Å². The summed E-state index contributed by atoms with van der Waals surface area (Å²) < 4.78 is 0. The molecule has 0 spiro atoms. The third-order valence-corrected chi connectivity index (χ3v) is 5.56. The van der Waals surface area contributed by atoms with Gasteiger partial charge in [0.15, 0.2) is 0 Å². The summed E-state index contributed by atoms with van der Waals surface area (Å²) in [7, 11) is 0. The van der Waals surface area contributed by atoms with Crippen LogP contribution in [0.3, 0.4) is 0 Å². The Bertz CT molecular complexity index is 248. The number of hydrogen-bond donors (Lipinski definition) is 0. The van der Waals surface area contributed by atoms with E-state index >= 15 is 0 Å². The van der Waals surface area contributed by atoms with Crippen LogP contribution in [0.25, 0.3) is 0 Å². The molecule has 2 aliphatic carbocycles. The molecule has 0 heterocycles. The molecule has 2 saturated carbocycles. The first-order chi connectivity index (χ1) is 8.83. The predicted molar refractivity (Wildman–Crippen MR) is 76.5 cm³/mol. The second-order valence-electron chi connectivity index (χ2n) is 6.73. The van der Waals surface area contributed by atoms with Crippen LogP contribution < -0.4 is 0 Å². The van der Waals surface area contributed by atoms with Gasteiger partial charge in [-0.3, -0.25) is 0 Å². The topological polar surface area (TPSA) is 17.1 Å². The molecule has 0 N–H and O–H groups in total. The Balaban J connectivity index is 1.74. The van der Waals surface area contributed by atoms with Crippen molar-refractivity contribution in [2.45, 2.75) is 77.6 Å². The highest BCUT2D eigenvalue weighted by atomic mass is 16.1. The Kier molecular flexibility index (Phi) is 5.72. The van der Waals surface area contributed by atoms with Gasteiger partial charge in [-0.15, -0.1) is 0 Å². The summed E-state index contributed by atoms with van der Waals surface area (Å²) in [6.45, 7) is 2.34. The van der Waals surface area contributed by atoms with Crippen LogP contribution in [-0.4, -0.2) is 6.29 Å². The molecule has 18 heavy (non-hydrogen) atoms. The summed E-state index contributed by atoms with van der Waals surface area (Å²) in [5.74, 6) is 3.08. The first-order valence-electron chi connectivity index (χ1n) is 8.28. The van der Waals surface area contributed by atoms with Crippen LogP contribution in [-0.2, 0) is 4.79 Å². The van der Waals surface area contributed by atoms with Crippen molar-refractivity contribution >= 4 is 6.29 Å². The number of hydrogen-bond acceptors (Lipinski definition) is 1. The lowest BCUT2D eigenvalue weighted by molar-refractivity contribution is -0.113. The molecule has 0 radical (unpaired) electrons.